The summed E-state index contributed by atoms with van der Waals surface area (Å²) in [5.74, 6) is 0. The second-order valence-electron chi connectivity index (χ2n) is 6.21. The predicted molar refractivity (Wildman–Crippen MR) is 85.2 cm³/mol. The van der Waals surface area contributed by atoms with Gasteiger partial charge in [-0.05, 0) is 39.1 Å². The van der Waals surface area contributed by atoms with Gasteiger partial charge in [0.05, 0.1) is 6.04 Å². The van der Waals surface area contributed by atoms with Crippen LogP contribution in [0.15, 0.2) is 18.3 Å². The summed E-state index contributed by atoms with van der Waals surface area (Å²) in [6.45, 7) is 0.614. The van der Waals surface area contributed by atoms with E-state index < -0.39 is 0 Å². The number of likely N-dealkylation sites (N-methyl/N-ethyl adjacent to an activating group) is 1. The van der Waals surface area contributed by atoms with Crippen LogP contribution in [-0.4, -0.2) is 42.2 Å². The number of amides is 2. The molecule has 0 spiro atoms. The Bertz CT molecular complexity index is 449. The Morgan fingerprint density at radius 3 is 2.67 bits per heavy atom. The molecule has 1 atom stereocenters. The average molecular weight is 292 g/mol. The number of nitrogens with zero attached hydrogens (tertiary/aromatic N) is 2. The fourth-order valence-corrected chi connectivity index (χ4v) is 3.04. The first-order chi connectivity index (χ1) is 10.1. The lowest BCUT2D eigenvalue weighted by molar-refractivity contribution is 0.224. The van der Waals surface area contributed by atoms with Gasteiger partial charge in [-0.15, -0.1) is 0 Å². The number of aromatic nitrogens is 1. The minimum atomic E-state index is -0.0389. The topological polar surface area (TPSA) is 49.3 Å². The average Bonchev–Trinajstić information content (AvgIpc) is 2.86. The van der Waals surface area contributed by atoms with Gasteiger partial charge in [0.1, 0.15) is 0 Å². The van der Waals surface area contributed by atoms with Gasteiger partial charge in [0.2, 0.25) is 0 Å². The van der Waals surface area contributed by atoms with Crippen molar-refractivity contribution in [2.45, 2.75) is 44.2 Å². The number of carbonyl (C=O) groups excluding carboxylic acids is 1. The van der Waals surface area contributed by atoms with Gasteiger partial charge in [-0.2, -0.15) is 0 Å². The van der Waals surface area contributed by atoms with Crippen LogP contribution in [0.1, 0.15) is 43.8 Å². The zero-order valence-corrected chi connectivity index (χ0v) is 13.4. The standard InChI is InChI=1S/C16H28N4O/c1-19(2)15(14-10-7-11-20(14)3)12-17-16(21)18-13-8-5-4-6-9-13/h7,10-11,13,15H,4-6,8-9,12H2,1-3H3,(H2,17,18,21). The molecule has 5 nitrogen and oxygen atoms in total. The molecule has 1 unspecified atom stereocenters. The summed E-state index contributed by atoms with van der Waals surface area (Å²) in [6, 6.07) is 4.64. The smallest absolute Gasteiger partial charge is 0.315 e. The van der Waals surface area contributed by atoms with Crippen LogP contribution in [0, 0.1) is 0 Å². The number of hydrogen-bond acceptors (Lipinski definition) is 2. The van der Waals surface area contributed by atoms with Gasteiger partial charge in [0.15, 0.2) is 0 Å². The third-order valence-electron chi connectivity index (χ3n) is 4.35. The largest absolute Gasteiger partial charge is 0.353 e. The third-order valence-corrected chi connectivity index (χ3v) is 4.35. The maximum absolute atomic E-state index is 12.0. The fourth-order valence-electron chi connectivity index (χ4n) is 3.04. The summed E-state index contributed by atoms with van der Waals surface area (Å²) < 4.78 is 2.10. The summed E-state index contributed by atoms with van der Waals surface area (Å²) in [7, 11) is 6.12. The Kier molecular flexibility index (Phi) is 5.67. The Balaban J connectivity index is 1.84. The van der Waals surface area contributed by atoms with E-state index in [2.05, 4.69) is 26.2 Å². The van der Waals surface area contributed by atoms with E-state index in [1.54, 1.807) is 0 Å². The highest BCUT2D eigenvalue weighted by Crippen LogP contribution is 2.18. The van der Waals surface area contributed by atoms with Crippen LogP contribution in [0.4, 0.5) is 4.79 Å². The van der Waals surface area contributed by atoms with Crippen molar-refractivity contribution in [3.05, 3.63) is 24.0 Å². The minimum absolute atomic E-state index is 0.0389. The van der Waals surface area contributed by atoms with E-state index in [1.165, 1.54) is 25.0 Å². The van der Waals surface area contributed by atoms with E-state index in [1.807, 2.05) is 33.4 Å². The van der Waals surface area contributed by atoms with Crippen molar-refractivity contribution in [1.29, 1.82) is 0 Å². The highest BCUT2D eigenvalue weighted by molar-refractivity contribution is 5.74. The summed E-state index contributed by atoms with van der Waals surface area (Å²) in [5.41, 5.74) is 1.21. The SMILES string of the molecule is CN(C)C(CNC(=O)NC1CCCCC1)c1cccn1C. The highest BCUT2D eigenvalue weighted by Gasteiger charge is 2.19. The molecule has 2 amide bonds. The van der Waals surface area contributed by atoms with Crippen LogP contribution in [0.3, 0.4) is 0 Å². The van der Waals surface area contributed by atoms with Crippen molar-refractivity contribution in [1.82, 2.24) is 20.1 Å². The van der Waals surface area contributed by atoms with E-state index in [0.29, 0.717) is 12.6 Å². The normalized spacial score (nSPS) is 17.7. The maximum Gasteiger partial charge on any atom is 0.315 e. The van der Waals surface area contributed by atoms with Gasteiger partial charge in [0.25, 0.3) is 0 Å². The van der Waals surface area contributed by atoms with Crippen LogP contribution >= 0.6 is 0 Å². The zero-order valence-electron chi connectivity index (χ0n) is 13.4. The molecule has 21 heavy (non-hydrogen) atoms. The first-order valence-electron chi connectivity index (χ1n) is 7.90. The molecule has 0 bridgehead atoms. The predicted octanol–water partition coefficient (Wildman–Crippen LogP) is 2.26. The van der Waals surface area contributed by atoms with E-state index in [-0.39, 0.29) is 12.1 Å². The Morgan fingerprint density at radius 1 is 1.38 bits per heavy atom. The van der Waals surface area contributed by atoms with Crippen LogP contribution in [0.25, 0.3) is 0 Å². The van der Waals surface area contributed by atoms with Gasteiger partial charge < -0.3 is 15.2 Å². The van der Waals surface area contributed by atoms with Gasteiger partial charge in [-0.25, -0.2) is 4.79 Å². The summed E-state index contributed by atoms with van der Waals surface area (Å²) in [5, 5.41) is 6.12. The molecule has 1 saturated carbocycles. The van der Waals surface area contributed by atoms with E-state index in [4.69, 9.17) is 0 Å². The van der Waals surface area contributed by atoms with Gasteiger partial charge >= 0.3 is 6.03 Å². The number of hydrogen-bond donors (Lipinski definition) is 2. The monoisotopic (exact) mass is 292 g/mol. The lowest BCUT2D eigenvalue weighted by atomic mass is 9.96. The van der Waals surface area contributed by atoms with Crippen molar-refractivity contribution < 1.29 is 4.79 Å². The molecule has 2 N–H and O–H groups in total. The lowest BCUT2D eigenvalue weighted by Crippen LogP contribution is -2.45. The lowest BCUT2D eigenvalue weighted by Gasteiger charge is -2.27. The molecule has 118 valence electrons. The molecule has 0 aliphatic heterocycles. The van der Waals surface area contributed by atoms with Crippen molar-refractivity contribution in [3.8, 4) is 0 Å². The van der Waals surface area contributed by atoms with Gasteiger partial charge in [-0.1, -0.05) is 19.3 Å². The van der Waals surface area contributed by atoms with Crippen molar-refractivity contribution in [2.24, 2.45) is 7.05 Å². The first-order valence-corrected chi connectivity index (χ1v) is 7.90. The number of rotatable bonds is 5. The summed E-state index contributed by atoms with van der Waals surface area (Å²) in [6.07, 6.45) is 8.03. The van der Waals surface area contributed by atoms with Crippen LogP contribution in [0.2, 0.25) is 0 Å². The Labute approximate surface area is 127 Å². The summed E-state index contributed by atoms with van der Waals surface area (Å²) >= 11 is 0. The Hall–Kier alpha value is -1.49. The second-order valence-corrected chi connectivity index (χ2v) is 6.21. The molecule has 5 heteroatoms. The minimum Gasteiger partial charge on any atom is -0.353 e. The van der Waals surface area contributed by atoms with Crippen LogP contribution in [-0.2, 0) is 7.05 Å². The molecule has 1 aliphatic rings. The summed E-state index contributed by atoms with van der Waals surface area (Å²) in [4.78, 5) is 14.2. The second kappa shape index (κ2) is 7.50. The molecule has 0 aromatic carbocycles. The molecule has 0 radical (unpaired) electrons. The van der Waals surface area contributed by atoms with Gasteiger partial charge in [0, 0.05) is 31.5 Å². The molecule has 1 heterocycles. The number of aryl methyl sites for hydroxylation is 1. The zero-order chi connectivity index (χ0) is 15.2. The molecule has 2 rings (SSSR count). The quantitative estimate of drug-likeness (QED) is 0.874. The third kappa shape index (κ3) is 4.49. The number of carbonyl (C=O) groups is 1. The maximum atomic E-state index is 12.0. The highest BCUT2D eigenvalue weighted by atomic mass is 16.2. The molecular formula is C16H28N4O. The van der Waals surface area contributed by atoms with E-state index >= 15 is 0 Å². The van der Waals surface area contributed by atoms with Crippen molar-refractivity contribution in [2.75, 3.05) is 20.6 Å². The molecule has 1 aliphatic carbocycles. The molecule has 1 aromatic heterocycles. The van der Waals surface area contributed by atoms with Crippen molar-refractivity contribution >= 4 is 6.03 Å². The molecule has 1 fully saturated rings. The van der Waals surface area contributed by atoms with Crippen LogP contribution < -0.4 is 10.6 Å². The van der Waals surface area contributed by atoms with E-state index in [0.717, 1.165) is 12.8 Å². The van der Waals surface area contributed by atoms with Gasteiger partial charge in [-0.3, -0.25) is 4.90 Å². The molecule has 0 saturated heterocycles. The van der Waals surface area contributed by atoms with Crippen molar-refractivity contribution in [3.63, 3.8) is 0 Å². The molecular weight excluding hydrogens is 264 g/mol. The number of nitrogens with one attached hydrogen (secondary N) is 2. The molecule has 1 aromatic rings. The van der Waals surface area contributed by atoms with Crippen LogP contribution in [0.5, 0.6) is 0 Å². The fraction of sp³-hybridized carbons (Fsp3) is 0.688. The Morgan fingerprint density at radius 2 is 2.10 bits per heavy atom. The van der Waals surface area contributed by atoms with E-state index in [9.17, 15) is 4.79 Å². The first kappa shape index (κ1) is 15.9. The number of urea groups is 1.